The first-order chi connectivity index (χ1) is 11.3. The number of hydrogen-bond donors (Lipinski definition) is 2. The molecule has 0 aliphatic carbocycles. The molecule has 5 nitrogen and oxygen atoms in total. The van der Waals surface area contributed by atoms with Crippen LogP contribution in [-0.4, -0.2) is 35.5 Å². The molecule has 1 atom stereocenters. The van der Waals surface area contributed by atoms with Gasteiger partial charge in [0.25, 0.3) is 0 Å². The molecule has 122 valence electrons. The molecule has 3 heterocycles. The van der Waals surface area contributed by atoms with Crippen molar-refractivity contribution in [3.63, 3.8) is 0 Å². The zero-order valence-corrected chi connectivity index (χ0v) is 13.9. The van der Waals surface area contributed by atoms with Gasteiger partial charge in [0, 0.05) is 42.7 Å². The van der Waals surface area contributed by atoms with Gasteiger partial charge in [-0.3, -0.25) is 9.78 Å². The smallest absolute Gasteiger partial charge is 0.220 e. The summed E-state index contributed by atoms with van der Waals surface area (Å²) in [5.74, 6) is 0.824. The molecule has 3 rings (SSSR count). The van der Waals surface area contributed by atoms with Gasteiger partial charge in [-0.25, -0.2) is 4.98 Å². The molecular weight excluding hydrogens is 308 g/mol. The summed E-state index contributed by atoms with van der Waals surface area (Å²) in [4.78, 5) is 20.5. The van der Waals surface area contributed by atoms with Crippen LogP contribution in [0, 0.1) is 5.92 Å². The highest BCUT2D eigenvalue weighted by molar-refractivity contribution is 7.09. The topological polar surface area (TPSA) is 66.9 Å². The number of amides is 1. The van der Waals surface area contributed by atoms with E-state index in [0.29, 0.717) is 18.9 Å². The SMILES string of the molecule is O=C(CCC1CCNC1)NCCc1nc(-c2ccncc2)cs1. The van der Waals surface area contributed by atoms with Gasteiger partial charge in [-0.15, -0.1) is 11.3 Å². The number of nitrogens with one attached hydrogen (secondary N) is 2. The van der Waals surface area contributed by atoms with Crippen LogP contribution in [-0.2, 0) is 11.2 Å². The fourth-order valence-corrected chi connectivity index (χ4v) is 3.58. The van der Waals surface area contributed by atoms with Gasteiger partial charge in [-0.05, 0) is 44.0 Å². The maximum atomic E-state index is 11.9. The third kappa shape index (κ3) is 4.84. The lowest BCUT2D eigenvalue weighted by atomic mass is 10.0. The summed E-state index contributed by atoms with van der Waals surface area (Å²) in [6.07, 6.45) is 7.15. The molecule has 23 heavy (non-hydrogen) atoms. The van der Waals surface area contributed by atoms with Crippen LogP contribution in [0.2, 0.25) is 0 Å². The standard InChI is InChI=1S/C17H22N4OS/c22-16(2-1-13-3-7-19-11-13)20-10-6-17-21-15(12-23-17)14-4-8-18-9-5-14/h4-5,8-9,12-13,19H,1-3,6-7,10-11H2,(H,20,22). The van der Waals surface area contributed by atoms with Gasteiger partial charge in [0.15, 0.2) is 0 Å². The van der Waals surface area contributed by atoms with Crippen LogP contribution in [0.25, 0.3) is 11.3 Å². The summed E-state index contributed by atoms with van der Waals surface area (Å²) in [5.41, 5.74) is 2.06. The first-order valence-corrected chi connectivity index (χ1v) is 9.01. The molecule has 0 spiro atoms. The average molecular weight is 330 g/mol. The van der Waals surface area contributed by atoms with Crippen molar-refractivity contribution in [2.24, 2.45) is 5.92 Å². The van der Waals surface area contributed by atoms with E-state index in [1.54, 1.807) is 23.7 Å². The first kappa shape index (κ1) is 16.1. The Labute approximate surface area is 140 Å². The molecule has 1 saturated heterocycles. The lowest BCUT2D eigenvalue weighted by Crippen LogP contribution is -2.26. The van der Waals surface area contributed by atoms with Crippen molar-refractivity contribution in [2.75, 3.05) is 19.6 Å². The molecule has 0 bridgehead atoms. The summed E-state index contributed by atoms with van der Waals surface area (Å²) in [7, 11) is 0. The number of carbonyl (C=O) groups excluding carboxylic acids is 1. The van der Waals surface area contributed by atoms with Gasteiger partial charge >= 0.3 is 0 Å². The summed E-state index contributed by atoms with van der Waals surface area (Å²) in [6, 6.07) is 3.91. The van der Waals surface area contributed by atoms with E-state index in [4.69, 9.17) is 0 Å². The lowest BCUT2D eigenvalue weighted by molar-refractivity contribution is -0.121. The zero-order valence-electron chi connectivity index (χ0n) is 13.1. The molecule has 1 aliphatic heterocycles. The van der Waals surface area contributed by atoms with Crippen molar-refractivity contribution in [1.29, 1.82) is 0 Å². The van der Waals surface area contributed by atoms with E-state index in [-0.39, 0.29) is 5.91 Å². The van der Waals surface area contributed by atoms with E-state index in [1.165, 1.54) is 6.42 Å². The molecule has 2 N–H and O–H groups in total. The van der Waals surface area contributed by atoms with E-state index >= 15 is 0 Å². The van der Waals surface area contributed by atoms with E-state index in [2.05, 4.69) is 26.0 Å². The van der Waals surface area contributed by atoms with Crippen molar-refractivity contribution >= 4 is 17.2 Å². The Hall–Kier alpha value is -1.79. The third-order valence-electron chi connectivity index (χ3n) is 4.13. The molecule has 0 radical (unpaired) electrons. The highest BCUT2D eigenvalue weighted by atomic mass is 32.1. The summed E-state index contributed by atoms with van der Waals surface area (Å²) < 4.78 is 0. The summed E-state index contributed by atoms with van der Waals surface area (Å²) in [6.45, 7) is 2.81. The second-order valence-electron chi connectivity index (χ2n) is 5.86. The predicted octanol–water partition coefficient (Wildman–Crippen LogP) is 2.25. The number of nitrogens with zero attached hydrogens (tertiary/aromatic N) is 2. The Bertz CT molecular complexity index is 623. The molecule has 0 saturated carbocycles. The predicted molar refractivity (Wildman–Crippen MR) is 92.3 cm³/mol. The Kier molecular flexibility index (Phi) is 5.71. The van der Waals surface area contributed by atoms with E-state index in [9.17, 15) is 4.79 Å². The fraction of sp³-hybridized carbons (Fsp3) is 0.471. The van der Waals surface area contributed by atoms with Crippen molar-refractivity contribution in [3.05, 3.63) is 34.9 Å². The van der Waals surface area contributed by atoms with Crippen LogP contribution < -0.4 is 10.6 Å². The second-order valence-corrected chi connectivity index (χ2v) is 6.80. The maximum Gasteiger partial charge on any atom is 0.220 e. The maximum absolute atomic E-state index is 11.9. The second kappa shape index (κ2) is 8.17. The average Bonchev–Trinajstić information content (AvgIpc) is 3.26. The van der Waals surface area contributed by atoms with E-state index < -0.39 is 0 Å². The van der Waals surface area contributed by atoms with Gasteiger partial charge in [0.2, 0.25) is 5.91 Å². The molecule has 2 aromatic rings. The van der Waals surface area contributed by atoms with E-state index in [0.717, 1.165) is 42.2 Å². The van der Waals surface area contributed by atoms with Crippen LogP contribution in [0.4, 0.5) is 0 Å². The molecule has 1 unspecified atom stereocenters. The highest BCUT2D eigenvalue weighted by Crippen LogP contribution is 2.21. The zero-order chi connectivity index (χ0) is 15.9. The minimum absolute atomic E-state index is 0.155. The molecule has 6 heteroatoms. The number of aromatic nitrogens is 2. The molecule has 0 aromatic carbocycles. The Morgan fingerprint density at radius 3 is 3.04 bits per heavy atom. The minimum Gasteiger partial charge on any atom is -0.356 e. The van der Waals surface area contributed by atoms with Crippen molar-refractivity contribution in [3.8, 4) is 11.3 Å². The molecule has 1 aliphatic rings. The Morgan fingerprint density at radius 2 is 2.26 bits per heavy atom. The van der Waals surface area contributed by atoms with Crippen molar-refractivity contribution < 1.29 is 4.79 Å². The summed E-state index contributed by atoms with van der Waals surface area (Å²) >= 11 is 1.64. The Balaban J connectivity index is 1.39. The van der Waals surface area contributed by atoms with Gasteiger partial charge < -0.3 is 10.6 Å². The number of hydrogen-bond acceptors (Lipinski definition) is 5. The van der Waals surface area contributed by atoms with Gasteiger partial charge in [0.05, 0.1) is 10.7 Å². The van der Waals surface area contributed by atoms with Crippen LogP contribution >= 0.6 is 11.3 Å². The quantitative estimate of drug-likeness (QED) is 0.817. The molecular formula is C17H22N4OS. The summed E-state index contributed by atoms with van der Waals surface area (Å²) in [5, 5.41) is 9.44. The number of rotatable bonds is 7. The lowest BCUT2D eigenvalue weighted by Gasteiger charge is -2.08. The minimum atomic E-state index is 0.155. The highest BCUT2D eigenvalue weighted by Gasteiger charge is 2.15. The van der Waals surface area contributed by atoms with Crippen LogP contribution in [0.1, 0.15) is 24.3 Å². The van der Waals surface area contributed by atoms with Crippen molar-refractivity contribution in [1.82, 2.24) is 20.6 Å². The van der Waals surface area contributed by atoms with Crippen LogP contribution in [0.3, 0.4) is 0 Å². The van der Waals surface area contributed by atoms with Gasteiger partial charge in [0.1, 0.15) is 0 Å². The molecule has 1 amide bonds. The fourth-order valence-electron chi connectivity index (χ4n) is 2.77. The Morgan fingerprint density at radius 1 is 1.39 bits per heavy atom. The third-order valence-corrected chi connectivity index (χ3v) is 5.04. The monoisotopic (exact) mass is 330 g/mol. The molecule has 1 fully saturated rings. The largest absolute Gasteiger partial charge is 0.356 e. The van der Waals surface area contributed by atoms with Crippen LogP contribution in [0.5, 0.6) is 0 Å². The van der Waals surface area contributed by atoms with Crippen molar-refractivity contribution in [2.45, 2.75) is 25.7 Å². The van der Waals surface area contributed by atoms with E-state index in [1.807, 2.05) is 12.1 Å². The van der Waals surface area contributed by atoms with Gasteiger partial charge in [-0.2, -0.15) is 0 Å². The van der Waals surface area contributed by atoms with Crippen LogP contribution in [0.15, 0.2) is 29.9 Å². The van der Waals surface area contributed by atoms with Gasteiger partial charge in [-0.1, -0.05) is 0 Å². The normalized spacial score (nSPS) is 17.3. The number of pyridine rings is 1. The molecule has 2 aromatic heterocycles. The number of thiazole rings is 1. The first-order valence-electron chi connectivity index (χ1n) is 8.13. The number of carbonyl (C=O) groups is 1.